The molecule has 0 saturated carbocycles. The van der Waals surface area contributed by atoms with Crippen molar-refractivity contribution in [2.75, 3.05) is 21.3 Å². The molecule has 0 bridgehead atoms. The molecule has 0 aliphatic carbocycles. The number of carbonyl (C=O) groups is 1. The lowest BCUT2D eigenvalue weighted by atomic mass is 10.1. The summed E-state index contributed by atoms with van der Waals surface area (Å²) in [6, 6.07) is 9.82. The van der Waals surface area contributed by atoms with E-state index in [-0.39, 0.29) is 16.2 Å². The summed E-state index contributed by atoms with van der Waals surface area (Å²) in [4.78, 5) is 11.2. The van der Waals surface area contributed by atoms with Gasteiger partial charge in [0.2, 0.25) is 0 Å². The van der Waals surface area contributed by atoms with Gasteiger partial charge < -0.3 is 19.3 Å². The molecule has 1 amide bonds. The van der Waals surface area contributed by atoms with E-state index in [1.807, 2.05) is 6.07 Å². The quantitative estimate of drug-likeness (QED) is 0.551. The molecule has 1 aromatic carbocycles. The predicted octanol–water partition coefficient (Wildman–Crippen LogP) is 3.29. The molecule has 1 aliphatic rings. The second kappa shape index (κ2) is 11.5. The maximum atomic E-state index is 11.2. The second-order valence-electron chi connectivity index (χ2n) is 6.50. The molecule has 3 N–H and O–H groups in total. The maximum absolute atomic E-state index is 11.2. The Morgan fingerprint density at radius 2 is 1.85 bits per heavy atom. The highest BCUT2D eigenvalue weighted by Crippen LogP contribution is 2.42. The van der Waals surface area contributed by atoms with E-state index in [2.05, 4.69) is 24.5 Å². The number of hydrogen-bond donors (Lipinski definition) is 2. The zero-order chi connectivity index (χ0) is 20.3. The van der Waals surface area contributed by atoms with Gasteiger partial charge in [-0.05, 0) is 43.2 Å². The lowest BCUT2D eigenvalue weighted by Crippen LogP contribution is -2.64. The van der Waals surface area contributed by atoms with Crippen molar-refractivity contribution in [2.45, 2.75) is 50.3 Å². The van der Waals surface area contributed by atoms with Gasteiger partial charge in [0.25, 0.3) is 5.91 Å². The minimum absolute atomic E-state index is 0.0103. The monoisotopic (exact) mass is 412 g/mol. The number of nitrogens with two attached hydrogens (primary N) is 1. The molecule has 6 nitrogen and oxygen atoms in total. The summed E-state index contributed by atoms with van der Waals surface area (Å²) in [6.45, 7) is 2.19. The van der Waals surface area contributed by atoms with E-state index in [4.69, 9.17) is 19.3 Å². The predicted molar refractivity (Wildman–Crippen MR) is 114 cm³/mol. The van der Waals surface area contributed by atoms with Gasteiger partial charge in [-0.2, -0.15) is 0 Å². The van der Waals surface area contributed by atoms with Crippen LogP contribution in [0.3, 0.4) is 0 Å². The maximum Gasteiger partial charge on any atom is 0.370 e. The summed E-state index contributed by atoms with van der Waals surface area (Å²) in [5.74, 6) is -0.275. The van der Waals surface area contributed by atoms with E-state index >= 15 is 0 Å². The Bertz CT molecular complexity index is 595. The summed E-state index contributed by atoms with van der Waals surface area (Å²) in [5.41, 5.74) is 5.68. The van der Waals surface area contributed by atoms with E-state index in [0.717, 1.165) is 25.3 Å². The molecule has 1 aliphatic heterocycles. The molecule has 1 heterocycles. The summed E-state index contributed by atoms with van der Waals surface area (Å²) < 4.78 is 17.4. The van der Waals surface area contributed by atoms with Gasteiger partial charge in [-0.1, -0.05) is 44.4 Å². The van der Waals surface area contributed by atoms with Gasteiger partial charge >= 0.3 is 8.56 Å². The number of benzene rings is 1. The van der Waals surface area contributed by atoms with E-state index in [9.17, 15) is 4.79 Å². The molecule has 1 fully saturated rings. The third-order valence-electron chi connectivity index (χ3n) is 5.01. The number of thiocarbonyl (C=S) groups is 1. The number of ether oxygens (including phenoxy) is 1. The Kier molecular flexibility index (Phi) is 10.1. The highest BCUT2D eigenvalue weighted by Gasteiger charge is 2.58. The van der Waals surface area contributed by atoms with Crippen LogP contribution in [0.25, 0.3) is 0 Å². The second-order valence-corrected chi connectivity index (χ2v) is 10.7. The van der Waals surface area contributed by atoms with Crippen molar-refractivity contribution in [1.29, 1.82) is 0 Å². The molecule has 1 atom stereocenters. The van der Waals surface area contributed by atoms with Crippen molar-refractivity contribution < 1.29 is 18.4 Å². The first-order chi connectivity index (χ1) is 12.9. The first-order valence-electron chi connectivity index (χ1n) is 9.21. The van der Waals surface area contributed by atoms with E-state index < -0.39 is 8.56 Å². The van der Waals surface area contributed by atoms with E-state index in [1.165, 1.54) is 12.8 Å². The van der Waals surface area contributed by atoms with Gasteiger partial charge in [0.15, 0.2) is 5.11 Å². The molecule has 1 saturated heterocycles. The fourth-order valence-corrected chi connectivity index (χ4v) is 7.78. The smallest absolute Gasteiger partial charge is 0.370 e. The van der Waals surface area contributed by atoms with Crippen molar-refractivity contribution in [2.24, 2.45) is 5.73 Å². The van der Waals surface area contributed by atoms with Crippen molar-refractivity contribution in [3.8, 4) is 0 Å². The van der Waals surface area contributed by atoms with Crippen molar-refractivity contribution in [1.82, 2.24) is 5.32 Å². The molecule has 1 unspecified atom stereocenters. The Morgan fingerprint density at radius 3 is 2.33 bits per heavy atom. The summed E-state index contributed by atoms with van der Waals surface area (Å²) in [7, 11) is 3.22. The highest BCUT2D eigenvalue weighted by molar-refractivity contribution is 7.80. The molecule has 1 aromatic rings. The van der Waals surface area contributed by atoms with Crippen LogP contribution in [0.5, 0.6) is 0 Å². The van der Waals surface area contributed by atoms with Crippen LogP contribution in [-0.4, -0.2) is 46.1 Å². The van der Waals surface area contributed by atoms with Crippen LogP contribution < -0.4 is 11.1 Å². The molecule has 0 radical (unpaired) electrons. The minimum atomic E-state index is -2.15. The molecular weight excluding hydrogens is 380 g/mol. The Morgan fingerprint density at radius 1 is 1.22 bits per heavy atom. The van der Waals surface area contributed by atoms with Crippen molar-refractivity contribution in [3.63, 3.8) is 0 Å². The lowest BCUT2D eigenvalue weighted by molar-refractivity contribution is -0.0149. The van der Waals surface area contributed by atoms with Crippen LogP contribution in [0.2, 0.25) is 6.04 Å². The van der Waals surface area contributed by atoms with Gasteiger partial charge in [-0.3, -0.25) is 10.1 Å². The third-order valence-corrected chi connectivity index (χ3v) is 9.53. The van der Waals surface area contributed by atoms with E-state index in [0.29, 0.717) is 5.56 Å². The number of amides is 1. The Hall–Kier alpha value is -1.32. The highest BCUT2D eigenvalue weighted by atomic mass is 32.1. The van der Waals surface area contributed by atoms with Crippen LogP contribution in [0, 0.1) is 0 Å². The number of carbonyl (C=O) groups excluding carboxylic acids is 1. The zero-order valence-corrected chi connectivity index (χ0v) is 18.6. The average Bonchev–Trinajstić information content (AvgIpc) is 2.69. The normalized spacial score (nSPS) is 20.9. The summed E-state index contributed by atoms with van der Waals surface area (Å²) in [5, 5.41) is 2.20. The van der Waals surface area contributed by atoms with Crippen LogP contribution in [-0.2, 0) is 13.6 Å². The molecule has 27 heavy (non-hydrogen) atoms. The summed E-state index contributed by atoms with van der Waals surface area (Å²) >= 11 is 4.52. The zero-order valence-electron chi connectivity index (χ0n) is 16.7. The van der Waals surface area contributed by atoms with Gasteiger partial charge in [-0.25, -0.2) is 0 Å². The third kappa shape index (κ3) is 6.08. The standard InChI is InChI=1S/C11H24O3Si.C8H8N2OS/c1-5-8-11(12-2)9-6-7-10-15(11,13-3)14-4;9-8(12)10-7(11)6-4-2-1-3-5-6/h5-10H2,1-4H3;1-5H,(H3,9,10,11,12). The molecule has 2 rings (SSSR count). The summed E-state index contributed by atoms with van der Waals surface area (Å²) in [6.07, 6.45) is 5.70. The Balaban J connectivity index is 0.000000277. The van der Waals surface area contributed by atoms with Gasteiger partial charge in [-0.15, -0.1) is 0 Å². The van der Waals surface area contributed by atoms with Crippen LogP contribution in [0.4, 0.5) is 0 Å². The topological polar surface area (TPSA) is 82.8 Å². The van der Waals surface area contributed by atoms with Gasteiger partial charge in [0.1, 0.15) is 5.22 Å². The lowest BCUT2D eigenvalue weighted by Gasteiger charge is -2.47. The largest absolute Gasteiger partial charge is 0.396 e. The SMILES string of the molecule is CCCC1(OC)CCCC[Si]1(OC)OC.NC(=S)NC(=O)c1ccccc1. The average molecular weight is 413 g/mol. The van der Waals surface area contributed by atoms with Crippen LogP contribution >= 0.6 is 12.2 Å². The molecule has 0 spiro atoms. The first kappa shape index (κ1) is 23.7. The number of hydrogen-bond acceptors (Lipinski definition) is 5. The van der Waals surface area contributed by atoms with Gasteiger partial charge in [0, 0.05) is 26.9 Å². The Labute approximate surface area is 169 Å². The number of methoxy groups -OCH3 is 1. The fourth-order valence-electron chi connectivity index (χ4n) is 3.70. The number of nitrogens with one attached hydrogen (secondary N) is 1. The fraction of sp³-hybridized carbons (Fsp3) is 0.579. The van der Waals surface area contributed by atoms with E-state index in [1.54, 1.807) is 45.6 Å². The molecule has 0 aromatic heterocycles. The first-order valence-corrected chi connectivity index (χ1v) is 11.6. The van der Waals surface area contributed by atoms with Crippen molar-refractivity contribution >= 4 is 31.8 Å². The van der Waals surface area contributed by atoms with Crippen LogP contribution in [0.1, 0.15) is 49.4 Å². The molecule has 8 heteroatoms. The molecule has 152 valence electrons. The minimum Gasteiger partial charge on any atom is -0.396 e. The van der Waals surface area contributed by atoms with Crippen LogP contribution in [0.15, 0.2) is 30.3 Å². The molecular formula is C19H32N2O4SSi. The van der Waals surface area contributed by atoms with Crippen molar-refractivity contribution in [3.05, 3.63) is 35.9 Å². The number of rotatable bonds is 6. The van der Waals surface area contributed by atoms with Gasteiger partial charge in [0.05, 0.1) is 0 Å².